The second kappa shape index (κ2) is 6.09. The van der Waals surface area contributed by atoms with Gasteiger partial charge in [-0.1, -0.05) is 15.9 Å². The van der Waals surface area contributed by atoms with E-state index in [1.165, 1.54) is 0 Å². The number of aliphatic hydroxyl groups excluding tert-OH is 1. The van der Waals surface area contributed by atoms with Gasteiger partial charge in [-0.05, 0) is 40.5 Å². The van der Waals surface area contributed by atoms with Crippen LogP contribution < -0.4 is 5.32 Å². The summed E-state index contributed by atoms with van der Waals surface area (Å²) < 4.78 is 2.01. The molecule has 0 aliphatic rings. The van der Waals surface area contributed by atoms with Gasteiger partial charge in [-0.15, -0.1) is 11.6 Å². The number of alkyl halides is 1. The molecule has 0 aromatic heterocycles. The minimum absolute atomic E-state index is 0.236. The Morgan fingerprint density at radius 3 is 2.67 bits per heavy atom. The smallest absolute Gasteiger partial charge is 0.0847 e. The molecule has 0 amide bonds. The number of anilines is 1. The van der Waals surface area contributed by atoms with Crippen molar-refractivity contribution in [1.82, 2.24) is 0 Å². The Bertz CT molecular complexity index is 346. The fourth-order valence-corrected chi connectivity index (χ4v) is 2.32. The number of aliphatic hydroxyl groups is 1. The van der Waals surface area contributed by atoms with Gasteiger partial charge in [-0.25, -0.2) is 0 Å². The lowest BCUT2D eigenvalue weighted by Gasteiger charge is -2.13. The molecule has 5 heteroatoms. The van der Waals surface area contributed by atoms with Crippen LogP contribution in [-0.2, 0) is 0 Å². The molecule has 1 rings (SSSR count). The molecule has 15 heavy (non-hydrogen) atoms. The average molecular weight is 357 g/mol. The van der Waals surface area contributed by atoms with Crippen molar-refractivity contribution in [3.63, 3.8) is 0 Å². The zero-order valence-electron chi connectivity index (χ0n) is 8.23. The number of hydrogen-bond acceptors (Lipinski definition) is 2. The third kappa shape index (κ3) is 3.94. The lowest BCUT2D eigenvalue weighted by molar-refractivity contribution is 0.211. The summed E-state index contributed by atoms with van der Waals surface area (Å²) in [4.78, 5) is 0. The molecule has 2 nitrogen and oxygen atoms in total. The van der Waals surface area contributed by atoms with Crippen LogP contribution in [0.2, 0.25) is 0 Å². The molecule has 84 valence electrons. The minimum atomic E-state index is -0.525. The summed E-state index contributed by atoms with van der Waals surface area (Å²) in [5, 5.41) is 12.4. The number of halogens is 3. The fraction of sp³-hybridized carbons (Fsp3) is 0.400. The molecule has 0 fully saturated rings. The highest BCUT2D eigenvalue weighted by Crippen LogP contribution is 2.29. The zero-order chi connectivity index (χ0) is 11.4. The van der Waals surface area contributed by atoms with Crippen molar-refractivity contribution in [2.75, 3.05) is 17.7 Å². The maximum absolute atomic E-state index is 9.32. The van der Waals surface area contributed by atoms with E-state index in [-0.39, 0.29) is 5.88 Å². The predicted molar refractivity (Wildman–Crippen MR) is 71.8 cm³/mol. The van der Waals surface area contributed by atoms with Crippen molar-refractivity contribution < 1.29 is 5.11 Å². The molecule has 0 saturated heterocycles. The summed E-state index contributed by atoms with van der Waals surface area (Å²) in [5.41, 5.74) is 2.10. The lowest BCUT2D eigenvalue weighted by atomic mass is 10.2. The summed E-state index contributed by atoms with van der Waals surface area (Å²) in [6, 6.07) is 3.99. The SMILES string of the molecule is Cc1cc(NCC(O)CCl)c(Br)cc1Br. The number of rotatable bonds is 4. The fourth-order valence-electron chi connectivity index (χ4n) is 1.08. The van der Waals surface area contributed by atoms with Gasteiger partial charge in [0.15, 0.2) is 0 Å². The molecule has 0 heterocycles. The van der Waals surface area contributed by atoms with E-state index in [2.05, 4.69) is 37.2 Å². The Kier molecular flexibility index (Phi) is 5.39. The predicted octanol–water partition coefficient (Wildman–Crippen LogP) is 3.53. The van der Waals surface area contributed by atoms with Crippen LogP contribution in [0.5, 0.6) is 0 Å². The van der Waals surface area contributed by atoms with Crippen molar-refractivity contribution >= 4 is 49.1 Å². The van der Waals surface area contributed by atoms with E-state index < -0.39 is 6.10 Å². The molecule has 1 aromatic rings. The van der Waals surface area contributed by atoms with Gasteiger partial charge in [0, 0.05) is 21.2 Å². The number of aryl methyl sites for hydroxylation is 1. The molecule has 0 spiro atoms. The van der Waals surface area contributed by atoms with Crippen LogP contribution in [0, 0.1) is 6.92 Å². The normalized spacial score (nSPS) is 12.6. The van der Waals surface area contributed by atoms with E-state index in [1.807, 2.05) is 19.1 Å². The van der Waals surface area contributed by atoms with Crippen LogP contribution in [0.3, 0.4) is 0 Å². The van der Waals surface area contributed by atoms with Crippen molar-refractivity contribution in [3.05, 3.63) is 26.6 Å². The molecule has 0 aliphatic heterocycles. The highest BCUT2D eigenvalue weighted by molar-refractivity contribution is 9.11. The summed E-state index contributed by atoms with van der Waals surface area (Å²) in [5.74, 6) is 0.236. The number of nitrogens with one attached hydrogen (secondary N) is 1. The van der Waals surface area contributed by atoms with Gasteiger partial charge >= 0.3 is 0 Å². The van der Waals surface area contributed by atoms with Crippen molar-refractivity contribution in [1.29, 1.82) is 0 Å². The van der Waals surface area contributed by atoms with Crippen LogP contribution >= 0.6 is 43.5 Å². The average Bonchev–Trinajstić information content (AvgIpc) is 2.21. The van der Waals surface area contributed by atoms with E-state index in [9.17, 15) is 5.11 Å². The largest absolute Gasteiger partial charge is 0.390 e. The van der Waals surface area contributed by atoms with Crippen LogP contribution in [0.25, 0.3) is 0 Å². The standard InChI is InChI=1S/C10H12Br2ClNO/c1-6-2-10(9(12)3-8(6)11)14-5-7(15)4-13/h2-3,7,14-15H,4-5H2,1H3. The molecule has 1 atom stereocenters. The first kappa shape index (κ1) is 13.3. The van der Waals surface area contributed by atoms with E-state index in [4.69, 9.17) is 11.6 Å². The first-order valence-electron chi connectivity index (χ1n) is 4.48. The number of hydrogen-bond donors (Lipinski definition) is 2. The molecule has 0 bridgehead atoms. The van der Waals surface area contributed by atoms with Crippen LogP contribution in [0.15, 0.2) is 21.1 Å². The molecular weight excluding hydrogens is 345 g/mol. The molecule has 1 aromatic carbocycles. The van der Waals surface area contributed by atoms with E-state index in [0.29, 0.717) is 6.54 Å². The van der Waals surface area contributed by atoms with Crippen molar-refractivity contribution in [2.45, 2.75) is 13.0 Å². The Labute approximate surface area is 111 Å². The second-order valence-electron chi connectivity index (χ2n) is 3.27. The van der Waals surface area contributed by atoms with E-state index in [0.717, 1.165) is 20.2 Å². The Morgan fingerprint density at radius 2 is 2.07 bits per heavy atom. The van der Waals surface area contributed by atoms with Gasteiger partial charge in [0.25, 0.3) is 0 Å². The molecule has 0 aliphatic carbocycles. The lowest BCUT2D eigenvalue weighted by Crippen LogP contribution is -2.20. The molecule has 0 radical (unpaired) electrons. The van der Waals surface area contributed by atoms with Gasteiger partial charge in [0.05, 0.1) is 12.0 Å². The Morgan fingerprint density at radius 1 is 1.40 bits per heavy atom. The van der Waals surface area contributed by atoms with Crippen molar-refractivity contribution in [2.24, 2.45) is 0 Å². The first-order valence-corrected chi connectivity index (χ1v) is 6.60. The topological polar surface area (TPSA) is 32.3 Å². The highest BCUT2D eigenvalue weighted by Gasteiger charge is 2.06. The Hall–Kier alpha value is 0.230. The van der Waals surface area contributed by atoms with Gasteiger partial charge in [0.1, 0.15) is 0 Å². The quantitative estimate of drug-likeness (QED) is 0.808. The van der Waals surface area contributed by atoms with Crippen LogP contribution in [-0.4, -0.2) is 23.6 Å². The van der Waals surface area contributed by atoms with Gasteiger partial charge in [-0.3, -0.25) is 0 Å². The zero-order valence-corrected chi connectivity index (χ0v) is 12.2. The van der Waals surface area contributed by atoms with Crippen LogP contribution in [0.1, 0.15) is 5.56 Å². The third-order valence-electron chi connectivity index (χ3n) is 1.95. The van der Waals surface area contributed by atoms with Gasteiger partial charge in [0.2, 0.25) is 0 Å². The third-order valence-corrected chi connectivity index (χ3v) is 3.82. The van der Waals surface area contributed by atoms with Gasteiger partial charge < -0.3 is 10.4 Å². The van der Waals surface area contributed by atoms with Gasteiger partial charge in [-0.2, -0.15) is 0 Å². The first-order chi connectivity index (χ1) is 7.04. The molecule has 2 N–H and O–H groups in total. The minimum Gasteiger partial charge on any atom is -0.390 e. The maximum atomic E-state index is 9.32. The van der Waals surface area contributed by atoms with E-state index in [1.54, 1.807) is 0 Å². The van der Waals surface area contributed by atoms with Crippen molar-refractivity contribution in [3.8, 4) is 0 Å². The summed E-state index contributed by atoms with van der Waals surface area (Å²) in [6.45, 7) is 2.46. The molecular formula is C10H12Br2ClNO. The van der Waals surface area contributed by atoms with Crippen LogP contribution in [0.4, 0.5) is 5.69 Å². The summed E-state index contributed by atoms with van der Waals surface area (Å²) in [6.07, 6.45) is -0.525. The molecule has 0 saturated carbocycles. The molecule has 1 unspecified atom stereocenters. The maximum Gasteiger partial charge on any atom is 0.0847 e. The summed E-state index contributed by atoms with van der Waals surface area (Å²) >= 11 is 12.4. The Balaban J connectivity index is 2.73. The highest BCUT2D eigenvalue weighted by atomic mass is 79.9. The summed E-state index contributed by atoms with van der Waals surface area (Å²) in [7, 11) is 0. The number of benzene rings is 1. The monoisotopic (exact) mass is 355 g/mol. The second-order valence-corrected chi connectivity index (χ2v) is 5.29. The van der Waals surface area contributed by atoms with E-state index >= 15 is 0 Å².